The number of nitrogens with two attached hydrogens (primary N) is 4. The van der Waals surface area contributed by atoms with E-state index in [9.17, 15) is 57.5 Å². The lowest BCUT2D eigenvalue weighted by molar-refractivity contribution is -0.137. The zero-order valence-corrected chi connectivity index (χ0v) is 40.6. The first-order valence-corrected chi connectivity index (χ1v) is 23.2. The van der Waals surface area contributed by atoms with E-state index < -0.39 is 145 Å². The summed E-state index contributed by atoms with van der Waals surface area (Å²) in [6, 6.07) is -11.6. The van der Waals surface area contributed by atoms with Crippen molar-refractivity contribution in [2.24, 2.45) is 46.6 Å². The number of nitrogens with one attached hydrogen (secondary N) is 8. The van der Waals surface area contributed by atoms with Crippen LogP contribution in [0.4, 0.5) is 0 Å². The van der Waals surface area contributed by atoms with Crippen LogP contribution in [0.5, 0.6) is 0 Å². The van der Waals surface area contributed by atoms with Crippen molar-refractivity contribution in [3.05, 3.63) is 0 Å². The van der Waals surface area contributed by atoms with Crippen molar-refractivity contribution < 1.29 is 57.5 Å². The van der Waals surface area contributed by atoms with Crippen molar-refractivity contribution in [3.8, 4) is 0 Å². The quantitative estimate of drug-likeness (QED) is 0.0586. The fraction of sp³-hybridized carbons (Fsp3) is 0.727. The molecule has 0 aromatic rings. The maximum atomic E-state index is 14.1. The van der Waals surface area contributed by atoms with E-state index in [1.54, 1.807) is 55.4 Å². The van der Waals surface area contributed by atoms with Crippen LogP contribution in [0, 0.1) is 23.7 Å². The SMILES string of the molecule is CC(C)C[C@H]1NC(=O)[C@H](CCC(N)=O)NC(=O)[C@@H](CC(C)C)NC(=O)[C@H](CCC(N)=O)NC(=O)[C@@H](CC(C)C)NC(=O)[C@H](CCC(N)=O)NC(=O)[C@@H](CC(C)C)NC(=O)[C@H](CCC(N)=O)NC1=O. The molecule has 0 radical (unpaired) electrons. The lowest BCUT2D eigenvalue weighted by Crippen LogP contribution is -2.61. The molecular formula is C44H76N12O12. The average molecular weight is 965 g/mol. The Labute approximate surface area is 397 Å². The molecular weight excluding hydrogens is 889 g/mol. The molecule has 0 spiro atoms. The normalized spacial score (nSPS) is 24.4. The predicted octanol–water partition coefficient (Wildman–Crippen LogP) is -2.88. The van der Waals surface area contributed by atoms with Crippen LogP contribution in [0.25, 0.3) is 0 Å². The van der Waals surface area contributed by atoms with Crippen LogP contribution in [-0.4, -0.2) is 119 Å². The van der Waals surface area contributed by atoms with Gasteiger partial charge in [0.05, 0.1) is 0 Å². The molecule has 0 aromatic heterocycles. The molecule has 0 unspecified atom stereocenters. The number of carbonyl (C=O) groups is 12. The van der Waals surface area contributed by atoms with Crippen molar-refractivity contribution in [2.45, 2.75) is 181 Å². The molecule has 1 saturated heterocycles. The van der Waals surface area contributed by atoms with E-state index in [1.165, 1.54) is 0 Å². The van der Waals surface area contributed by atoms with Gasteiger partial charge in [0.1, 0.15) is 48.3 Å². The monoisotopic (exact) mass is 965 g/mol. The Morgan fingerprint density at radius 3 is 0.574 bits per heavy atom. The molecule has 24 heteroatoms. The largest absolute Gasteiger partial charge is 0.370 e. The maximum absolute atomic E-state index is 14.1. The topological polar surface area (TPSA) is 405 Å². The van der Waals surface area contributed by atoms with E-state index in [4.69, 9.17) is 22.9 Å². The first-order chi connectivity index (χ1) is 31.6. The molecule has 1 fully saturated rings. The zero-order chi connectivity index (χ0) is 52.0. The van der Waals surface area contributed by atoms with Crippen LogP contribution >= 0.6 is 0 Å². The molecule has 1 rings (SSSR count). The lowest BCUT2D eigenvalue weighted by atomic mass is 9.99. The standard InChI is InChI=1S/C44H76N12O12/c1-21(2)17-29-41(65)49-26(10-14-34(46)58)38(62)54-31(19-23(5)6)43(67)51-28(12-16-36(48)60)40(64)56-32(20-24(7)8)44(68)52-27(11-15-35(47)59)39(63)55-30(18-22(3)4)42(66)50-25(37(61)53-29)9-13-33(45)57/h21-32H,9-20H2,1-8H3,(H2,45,57)(H2,46,58)(H2,47,59)(H2,48,60)(H,49,65)(H,50,66)(H,51,67)(H,52,68)(H,53,61)(H,54,62)(H,55,63)(H,56,64)/t25-,26-,27-,28-,29+,30+,31+,32+/m0/s1. The fourth-order valence-corrected chi connectivity index (χ4v) is 7.21. The number of primary amides is 4. The van der Waals surface area contributed by atoms with Gasteiger partial charge >= 0.3 is 0 Å². The summed E-state index contributed by atoms with van der Waals surface area (Å²) in [7, 11) is 0. The summed E-state index contributed by atoms with van der Waals surface area (Å²) in [5.74, 6) is -11.7. The molecule has 16 N–H and O–H groups in total. The Hall–Kier alpha value is -6.36. The number of amides is 12. The summed E-state index contributed by atoms with van der Waals surface area (Å²) in [6.07, 6.45) is -3.08. The maximum Gasteiger partial charge on any atom is 0.243 e. The number of hydrogen-bond acceptors (Lipinski definition) is 12. The fourth-order valence-electron chi connectivity index (χ4n) is 7.21. The summed E-state index contributed by atoms with van der Waals surface area (Å²) in [4.78, 5) is 160. The Bertz CT molecular complexity index is 1570. The highest BCUT2D eigenvalue weighted by molar-refractivity contribution is 5.99. The second-order valence-corrected chi connectivity index (χ2v) is 19.0. The average Bonchev–Trinajstić information content (AvgIpc) is 3.20. The van der Waals surface area contributed by atoms with Gasteiger partial charge in [0.2, 0.25) is 70.9 Å². The van der Waals surface area contributed by atoms with Gasteiger partial charge in [-0.3, -0.25) is 57.5 Å². The predicted molar refractivity (Wildman–Crippen MR) is 247 cm³/mol. The minimum Gasteiger partial charge on any atom is -0.370 e. The molecule has 1 aliphatic rings. The van der Waals surface area contributed by atoms with Crippen LogP contribution in [-0.2, 0) is 57.5 Å². The van der Waals surface area contributed by atoms with Gasteiger partial charge in [-0.15, -0.1) is 0 Å². The van der Waals surface area contributed by atoms with Gasteiger partial charge in [-0.25, -0.2) is 0 Å². The Kier molecular flexibility index (Phi) is 25.8. The molecule has 1 heterocycles. The van der Waals surface area contributed by atoms with Crippen molar-refractivity contribution in [2.75, 3.05) is 0 Å². The second-order valence-electron chi connectivity index (χ2n) is 19.0. The summed E-state index contributed by atoms with van der Waals surface area (Å²) in [5.41, 5.74) is 21.7. The van der Waals surface area contributed by atoms with Crippen LogP contribution < -0.4 is 65.5 Å². The Balaban J connectivity index is 4.13. The minimum absolute atomic E-state index is 0.0200. The van der Waals surface area contributed by atoms with Crippen LogP contribution in [0.1, 0.15) is 132 Å². The van der Waals surface area contributed by atoms with Gasteiger partial charge in [0, 0.05) is 25.7 Å². The summed E-state index contributed by atoms with van der Waals surface area (Å²) in [5, 5.41) is 20.5. The van der Waals surface area contributed by atoms with E-state index in [2.05, 4.69) is 42.5 Å². The molecule has 1 aliphatic heterocycles. The third-order valence-corrected chi connectivity index (χ3v) is 10.6. The highest BCUT2D eigenvalue weighted by Gasteiger charge is 2.37. The van der Waals surface area contributed by atoms with Crippen LogP contribution in [0.3, 0.4) is 0 Å². The van der Waals surface area contributed by atoms with Gasteiger partial charge in [0.25, 0.3) is 0 Å². The number of carbonyl (C=O) groups excluding carboxylic acids is 12. The summed E-state index contributed by atoms with van der Waals surface area (Å²) < 4.78 is 0. The van der Waals surface area contributed by atoms with Crippen LogP contribution in [0.15, 0.2) is 0 Å². The molecule has 24 nitrogen and oxygen atoms in total. The minimum atomic E-state index is -1.52. The highest BCUT2D eigenvalue weighted by atomic mass is 16.2. The van der Waals surface area contributed by atoms with Crippen LogP contribution in [0.2, 0.25) is 0 Å². The number of hydrogen-bond donors (Lipinski definition) is 12. The van der Waals surface area contributed by atoms with Gasteiger partial charge in [-0.1, -0.05) is 55.4 Å². The van der Waals surface area contributed by atoms with E-state index in [1.807, 2.05) is 0 Å². The van der Waals surface area contributed by atoms with Gasteiger partial charge in [0.15, 0.2) is 0 Å². The molecule has 384 valence electrons. The Morgan fingerprint density at radius 1 is 0.309 bits per heavy atom. The highest BCUT2D eigenvalue weighted by Crippen LogP contribution is 2.14. The molecule has 0 saturated carbocycles. The third kappa shape index (κ3) is 23.4. The third-order valence-electron chi connectivity index (χ3n) is 10.6. The van der Waals surface area contributed by atoms with E-state index in [-0.39, 0.29) is 75.0 Å². The molecule has 0 bridgehead atoms. The smallest absolute Gasteiger partial charge is 0.243 e. The van der Waals surface area contributed by atoms with Gasteiger partial charge in [-0.05, 0) is 75.0 Å². The van der Waals surface area contributed by atoms with E-state index in [0.29, 0.717) is 0 Å². The first-order valence-electron chi connectivity index (χ1n) is 23.2. The molecule has 8 atom stereocenters. The van der Waals surface area contributed by atoms with E-state index >= 15 is 0 Å². The van der Waals surface area contributed by atoms with Crippen molar-refractivity contribution in [1.29, 1.82) is 0 Å². The Morgan fingerprint density at radius 2 is 0.441 bits per heavy atom. The zero-order valence-electron chi connectivity index (χ0n) is 40.6. The summed E-state index contributed by atoms with van der Waals surface area (Å²) in [6.45, 7) is 13.9. The molecule has 68 heavy (non-hydrogen) atoms. The molecule has 0 aromatic carbocycles. The van der Waals surface area contributed by atoms with Crippen molar-refractivity contribution >= 4 is 70.9 Å². The van der Waals surface area contributed by atoms with Gasteiger partial charge in [-0.2, -0.15) is 0 Å². The molecule has 0 aliphatic carbocycles. The van der Waals surface area contributed by atoms with Crippen molar-refractivity contribution in [3.63, 3.8) is 0 Å². The van der Waals surface area contributed by atoms with Gasteiger partial charge < -0.3 is 65.5 Å². The summed E-state index contributed by atoms with van der Waals surface area (Å²) >= 11 is 0. The number of rotatable bonds is 20. The lowest BCUT2D eigenvalue weighted by Gasteiger charge is -2.30. The molecule has 12 amide bonds. The first kappa shape index (κ1) is 59.7. The van der Waals surface area contributed by atoms with E-state index in [0.717, 1.165) is 0 Å². The second kappa shape index (κ2) is 29.4. The van der Waals surface area contributed by atoms with Crippen molar-refractivity contribution in [1.82, 2.24) is 42.5 Å².